The lowest BCUT2D eigenvalue weighted by molar-refractivity contribution is -0.136. The molecule has 0 amide bonds. The summed E-state index contributed by atoms with van der Waals surface area (Å²) in [6, 6.07) is 5.58. The second-order valence-corrected chi connectivity index (χ2v) is 7.00. The molecule has 5 N–H and O–H groups in total. The molecule has 1 unspecified atom stereocenters. The molecule has 1 aromatic heterocycles. The average molecular weight is 402 g/mol. The summed E-state index contributed by atoms with van der Waals surface area (Å²) in [5.74, 6) is 0.617. The van der Waals surface area contributed by atoms with E-state index in [-0.39, 0.29) is 25.0 Å². The maximum absolute atomic E-state index is 11.0. The Hall–Kier alpha value is -2.87. The smallest absolute Gasteiger partial charge is 0.307 e. The molecule has 29 heavy (non-hydrogen) atoms. The van der Waals surface area contributed by atoms with E-state index in [2.05, 4.69) is 22.2 Å². The number of nitrogens with two attached hydrogens (primary N) is 1. The second kappa shape index (κ2) is 10.6. The van der Waals surface area contributed by atoms with Gasteiger partial charge in [0.1, 0.15) is 11.6 Å². The lowest BCUT2D eigenvalue weighted by Gasteiger charge is -2.21. The van der Waals surface area contributed by atoms with E-state index in [4.69, 9.17) is 20.7 Å². The number of benzene rings is 1. The number of aliphatic carboxylic acids is 1. The number of rotatable bonds is 11. The van der Waals surface area contributed by atoms with Gasteiger partial charge in [-0.2, -0.15) is 4.98 Å². The van der Waals surface area contributed by atoms with Crippen molar-refractivity contribution in [2.75, 3.05) is 24.8 Å². The molecule has 0 radical (unpaired) electrons. The van der Waals surface area contributed by atoms with Gasteiger partial charge < -0.3 is 26.0 Å². The molecular formula is C21H30N4O4. The number of aryl methyl sites for hydroxylation is 1. The lowest BCUT2D eigenvalue weighted by Crippen LogP contribution is -2.22. The standard InChI is InChI=1S/C21H30N4O4/c1-4-16(6-5-9-26)24-20-17(13(2)23-21(22)25-20)12-15-8-7-14(11-19(27)28)10-18(15)29-3/h7-8,10,16,26H,4-6,9,11-12H2,1-3H3,(H,27,28)(H3,22,23,24,25). The highest BCUT2D eigenvalue weighted by molar-refractivity contribution is 5.70. The largest absolute Gasteiger partial charge is 0.496 e. The first-order valence-corrected chi connectivity index (χ1v) is 9.75. The Kier molecular flexibility index (Phi) is 8.21. The van der Waals surface area contributed by atoms with Crippen LogP contribution in [0, 0.1) is 6.92 Å². The molecule has 1 heterocycles. The first-order chi connectivity index (χ1) is 13.9. The third-order valence-corrected chi connectivity index (χ3v) is 4.85. The molecule has 0 bridgehead atoms. The van der Waals surface area contributed by atoms with Crippen molar-refractivity contribution in [2.45, 2.75) is 52.0 Å². The van der Waals surface area contributed by atoms with Crippen LogP contribution in [0.4, 0.5) is 11.8 Å². The predicted octanol–water partition coefficient (Wildman–Crippen LogP) is 2.56. The van der Waals surface area contributed by atoms with Crippen molar-refractivity contribution in [3.63, 3.8) is 0 Å². The monoisotopic (exact) mass is 402 g/mol. The van der Waals surface area contributed by atoms with E-state index in [0.717, 1.165) is 29.7 Å². The summed E-state index contributed by atoms with van der Waals surface area (Å²) in [6.07, 6.45) is 2.87. The Bertz CT molecular complexity index is 842. The summed E-state index contributed by atoms with van der Waals surface area (Å²) < 4.78 is 5.49. The number of hydrogen-bond acceptors (Lipinski definition) is 7. The number of carboxylic acids is 1. The van der Waals surface area contributed by atoms with Gasteiger partial charge in [-0.05, 0) is 43.4 Å². The molecular weight excluding hydrogens is 372 g/mol. The Morgan fingerprint density at radius 2 is 2.10 bits per heavy atom. The Balaban J connectivity index is 2.35. The minimum Gasteiger partial charge on any atom is -0.496 e. The number of methoxy groups -OCH3 is 1. The zero-order valence-corrected chi connectivity index (χ0v) is 17.2. The highest BCUT2D eigenvalue weighted by Crippen LogP contribution is 2.28. The average Bonchev–Trinajstić information content (AvgIpc) is 2.67. The van der Waals surface area contributed by atoms with Gasteiger partial charge in [0.2, 0.25) is 5.95 Å². The zero-order chi connectivity index (χ0) is 21.4. The van der Waals surface area contributed by atoms with E-state index in [1.165, 1.54) is 0 Å². The summed E-state index contributed by atoms with van der Waals surface area (Å²) in [6.45, 7) is 4.12. The van der Waals surface area contributed by atoms with Crippen LogP contribution in [-0.2, 0) is 17.6 Å². The Labute approximate surface area is 171 Å². The number of anilines is 2. The lowest BCUT2D eigenvalue weighted by atomic mass is 10.00. The molecule has 8 heteroatoms. The zero-order valence-electron chi connectivity index (χ0n) is 17.2. The van der Waals surface area contributed by atoms with Crippen LogP contribution in [0.2, 0.25) is 0 Å². The number of nitrogen functional groups attached to an aromatic ring is 1. The summed E-state index contributed by atoms with van der Waals surface area (Å²) in [4.78, 5) is 19.7. The van der Waals surface area contributed by atoms with Crippen molar-refractivity contribution in [1.29, 1.82) is 0 Å². The van der Waals surface area contributed by atoms with Gasteiger partial charge in [0.05, 0.1) is 13.5 Å². The normalized spacial score (nSPS) is 11.9. The van der Waals surface area contributed by atoms with E-state index >= 15 is 0 Å². The van der Waals surface area contributed by atoms with E-state index in [1.54, 1.807) is 19.2 Å². The van der Waals surface area contributed by atoms with Crippen LogP contribution in [0.3, 0.4) is 0 Å². The third-order valence-electron chi connectivity index (χ3n) is 4.85. The first-order valence-electron chi connectivity index (χ1n) is 9.75. The van der Waals surface area contributed by atoms with Gasteiger partial charge in [0.15, 0.2) is 0 Å². The summed E-state index contributed by atoms with van der Waals surface area (Å²) in [7, 11) is 1.57. The van der Waals surface area contributed by atoms with Crippen LogP contribution in [0.5, 0.6) is 5.75 Å². The number of carboxylic acid groups (broad SMARTS) is 1. The first kappa shape index (κ1) is 22.4. The van der Waals surface area contributed by atoms with Crippen molar-refractivity contribution in [3.05, 3.63) is 40.6 Å². The number of aliphatic hydroxyl groups excluding tert-OH is 1. The SMILES string of the molecule is CCC(CCCO)Nc1nc(N)nc(C)c1Cc1ccc(CC(=O)O)cc1OC. The van der Waals surface area contributed by atoms with Crippen LogP contribution >= 0.6 is 0 Å². The van der Waals surface area contributed by atoms with Crippen molar-refractivity contribution in [3.8, 4) is 5.75 Å². The minimum absolute atomic E-state index is 0.0590. The summed E-state index contributed by atoms with van der Waals surface area (Å²) in [5, 5.41) is 21.6. The van der Waals surface area contributed by atoms with E-state index in [0.29, 0.717) is 30.0 Å². The van der Waals surface area contributed by atoms with E-state index in [1.807, 2.05) is 13.0 Å². The van der Waals surface area contributed by atoms with E-state index in [9.17, 15) is 4.79 Å². The number of carbonyl (C=O) groups is 1. The van der Waals surface area contributed by atoms with Gasteiger partial charge in [0, 0.05) is 30.3 Å². The molecule has 158 valence electrons. The molecule has 0 aliphatic rings. The fraction of sp³-hybridized carbons (Fsp3) is 0.476. The van der Waals surface area contributed by atoms with Crippen LogP contribution in [0.25, 0.3) is 0 Å². The molecule has 0 saturated carbocycles. The number of aliphatic hydroxyl groups is 1. The Morgan fingerprint density at radius 3 is 2.72 bits per heavy atom. The molecule has 0 aliphatic carbocycles. The van der Waals surface area contributed by atoms with Crippen LogP contribution in [-0.4, -0.2) is 45.9 Å². The van der Waals surface area contributed by atoms with Gasteiger partial charge >= 0.3 is 5.97 Å². The van der Waals surface area contributed by atoms with Gasteiger partial charge in [-0.1, -0.05) is 19.1 Å². The maximum Gasteiger partial charge on any atom is 0.307 e. The minimum atomic E-state index is -0.887. The predicted molar refractivity (Wildman–Crippen MR) is 112 cm³/mol. The van der Waals surface area contributed by atoms with Gasteiger partial charge in [-0.3, -0.25) is 4.79 Å². The summed E-state index contributed by atoms with van der Waals surface area (Å²) >= 11 is 0. The molecule has 2 rings (SSSR count). The fourth-order valence-corrected chi connectivity index (χ4v) is 3.27. The fourth-order valence-electron chi connectivity index (χ4n) is 3.27. The summed E-state index contributed by atoms with van der Waals surface area (Å²) in [5.41, 5.74) is 9.14. The molecule has 1 atom stereocenters. The number of nitrogens with one attached hydrogen (secondary N) is 1. The van der Waals surface area contributed by atoms with E-state index < -0.39 is 5.97 Å². The highest BCUT2D eigenvalue weighted by Gasteiger charge is 2.17. The second-order valence-electron chi connectivity index (χ2n) is 7.00. The van der Waals surface area contributed by atoms with Crippen molar-refractivity contribution in [1.82, 2.24) is 9.97 Å². The van der Waals surface area contributed by atoms with Gasteiger partial charge in [0.25, 0.3) is 0 Å². The number of hydrogen-bond donors (Lipinski definition) is 4. The molecule has 0 fully saturated rings. The van der Waals surface area contributed by atoms with Crippen molar-refractivity contribution >= 4 is 17.7 Å². The quantitative estimate of drug-likeness (QED) is 0.451. The third kappa shape index (κ3) is 6.32. The number of ether oxygens (including phenoxy) is 1. The molecule has 1 aromatic carbocycles. The molecule has 8 nitrogen and oxygen atoms in total. The van der Waals surface area contributed by atoms with Gasteiger partial charge in [-0.15, -0.1) is 0 Å². The topological polar surface area (TPSA) is 131 Å². The van der Waals surface area contributed by atoms with Crippen LogP contribution < -0.4 is 15.8 Å². The molecule has 0 spiro atoms. The van der Waals surface area contributed by atoms with Gasteiger partial charge in [-0.25, -0.2) is 4.98 Å². The number of aromatic nitrogens is 2. The van der Waals surface area contributed by atoms with Crippen molar-refractivity contribution < 1.29 is 19.7 Å². The molecule has 0 aliphatic heterocycles. The van der Waals surface area contributed by atoms with Crippen molar-refractivity contribution in [2.24, 2.45) is 0 Å². The van der Waals surface area contributed by atoms with Crippen LogP contribution in [0.1, 0.15) is 48.6 Å². The maximum atomic E-state index is 11.0. The van der Waals surface area contributed by atoms with Crippen LogP contribution in [0.15, 0.2) is 18.2 Å². The Morgan fingerprint density at radius 1 is 1.34 bits per heavy atom. The highest BCUT2D eigenvalue weighted by atomic mass is 16.5. The molecule has 0 saturated heterocycles. The molecule has 2 aromatic rings. The number of nitrogens with zero attached hydrogens (tertiary/aromatic N) is 2.